The molecule has 2 fully saturated rings. The molecule has 9 heteroatoms. The summed E-state index contributed by atoms with van der Waals surface area (Å²) in [5, 5.41) is 10.6. The van der Waals surface area contributed by atoms with Gasteiger partial charge in [0.25, 0.3) is 0 Å². The topological polar surface area (TPSA) is 43.8 Å². The molecule has 1 saturated carbocycles. The van der Waals surface area contributed by atoms with Crippen molar-refractivity contribution in [2.24, 2.45) is 0 Å². The molecule has 2 atom stereocenters. The number of hydrogen-bond donors (Lipinski definition) is 1. The summed E-state index contributed by atoms with van der Waals surface area (Å²) in [5.74, 6) is -1.49. The molecule has 2 aliphatic rings. The van der Waals surface area contributed by atoms with Gasteiger partial charge >= 0.3 is 5.97 Å². The van der Waals surface area contributed by atoms with Crippen LogP contribution in [0, 0.1) is 5.82 Å². The molecular formula is C24H29Cl4FN2O2. The van der Waals surface area contributed by atoms with Crippen LogP contribution in [0.5, 0.6) is 0 Å². The average Bonchev–Trinajstić information content (AvgIpc) is 3.52. The summed E-state index contributed by atoms with van der Waals surface area (Å²) in [5.41, 5.74) is 2.79. The molecule has 182 valence electrons. The Morgan fingerprint density at radius 1 is 1.12 bits per heavy atom. The monoisotopic (exact) mass is 536 g/mol. The van der Waals surface area contributed by atoms with Crippen LogP contribution in [-0.4, -0.2) is 46.6 Å². The highest BCUT2D eigenvalue weighted by atomic mass is 35.5. The number of nitrogens with zero attached hydrogens (tertiary/aromatic N) is 2. The Labute approximate surface area is 216 Å². The van der Waals surface area contributed by atoms with Crippen LogP contribution < -0.4 is 0 Å². The van der Waals surface area contributed by atoms with Crippen molar-refractivity contribution in [3.63, 3.8) is 0 Å². The molecule has 2 aromatic rings. The SMILES string of the molecule is C[C@@H]1CN(Cc2cc(F)c(C(=O)O)cc2C2CC2)CCN1[C@H](C)c1cc(Cl)cc(Cl)c1.Cl.Cl. The largest absolute Gasteiger partial charge is 0.478 e. The van der Waals surface area contributed by atoms with E-state index in [2.05, 4.69) is 23.6 Å². The minimum atomic E-state index is -1.21. The Bertz CT molecular complexity index is 982. The minimum absolute atomic E-state index is 0. The maximum absolute atomic E-state index is 14.4. The molecule has 1 saturated heterocycles. The summed E-state index contributed by atoms with van der Waals surface area (Å²) >= 11 is 12.4. The van der Waals surface area contributed by atoms with Crippen molar-refractivity contribution in [3.05, 3.63) is 68.4 Å². The molecule has 0 unspecified atom stereocenters. The first-order valence-corrected chi connectivity index (χ1v) is 11.5. The summed E-state index contributed by atoms with van der Waals surface area (Å²) < 4.78 is 14.4. The second-order valence-corrected chi connectivity index (χ2v) is 9.68. The Morgan fingerprint density at radius 2 is 1.76 bits per heavy atom. The number of aromatic carboxylic acids is 1. The van der Waals surface area contributed by atoms with E-state index in [1.807, 2.05) is 12.1 Å². The number of carboxylic acid groups (broad SMARTS) is 1. The van der Waals surface area contributed by atoms with E-state index in [1.165, 1.54) is 6.07 Å². The predicted octanol–water partition coefficient (Wildman–Crippen LogP) is 6.82. The lowest BCUT2D eigenvalue weighted by atomic mass is 9.98. The van der Waals surface area contributed by atoms with E-state index in [-0.39, 0.29) is 36.4 Å². The summed E-state index contributed by atoms with van der Waals surface area (Å²) in [4.78, 5) is 16.1. The molecule has 33 heavy (non-hydrogen) atoms. The van der Waals surface area contributed by atoms with Crippen molar-refractivity contribution in [2.75, 3.05) is 19.6 Å². The van der Waals surface area contributed by atoms with Crippen molar-refractivity contribution in [3.8, 4) is 0 Å². The van der Waals surface area contributed by atoms with Crippen LogP contribution in [0.1, 0.15) is 65.7 Å². The first kappa shape index (κ1) is 28.2. The number of piperazine rings is 1. The lowest BCUT2D eigenvalue weighted by Gasteiger charge is -2.43. The van der Waals surface area contributed by atoms with Gasteiger partial charge < -0.3 is 5.11 Å². The molecule has 0 spiro atoms. The van der Waals surface area contributed by atoms with E-state index in [0.29, 0.717) is 28.5 Å². The van der Waals surface area contributed by atoms with E-state index in [0.717, 1.165) is 49.2 Å². The summed E-state index contributed by atoms with van der Waals surface area (Å²) in [6.07, 6.45) is 2.09. The molecule has 0 bridgehead atoms. The number of halogens is 5. The van der Waals surface area contributed by atoms with Gasteiger partial charge in [0, 0.05) is 48.3 Å². The Kier molecular flexibility index (Phi) is 9.87. The number of benzene rings is 2. The second-order valence-electron chi connectivity index (χ2n) is 8.81. The van der Waals surface area contributed by atoms with Crippen LogP contribution >= 0.6 is 48.0 Å². The number of carboxylic acids is 1. The zero-order valence-electron chi connectivity index (χ0n) is 18.6. The first-order valence-electron chi connectivity index (χ1n) is 10.7. The van der Waals surface area contributed by atoms with E-state index in [4.69, 9.17) is 23.2 Å². The van der Waals surface area contributed by atoms with Gasteiger partial charge in [-0.15, -0.1) is 24.8 Å². The van der Waals surface area contributed by atoms with Gasteiger partial charge in [-0.2, -0.15) is 0 Å². The zero-order chi connectivity index (χ0) is 22.3. The lowest BCUT2D eigenvalue weighted by Crippen LogP contribution is -2.52. The molecule has 2 aromatic carbocycles. The van der Waals surface area contributed by atoms with E-state index >= 15 is 0 Å². The lowest BCUT2D eigenvalue weighted by molar-refractivity contribution is 0.0503. The fraction of sp³-hybridized carbons (Fsp3) is 0.458. The van der Waals surface area contributed by atoms with Crippen LogP contribution in [0.2, 0.25) is 10.0 Å². The quantitative estimate of drug-likeness (QED) is 0.439. The first-order chi connectivity index (χ1) is 14.7. The fourth-order valence-electron chi connectivity index (χ4n) is 4.72. The highest BCUT2D eigenvalue weighted by Crippen LogP contribution is 2.43. The third kappa shape index (κ3) is 6.53. The van der Waals surface area contributed by atoms with Gasteiger partial charge in [0.05, 0.1) is 5.56 Å². The van der Waals surface area contributed by atoms with E-state index in [1.54, 1.807) is 12.1 Å². The maximum Gasteiger partial charge on any atom is 0.338 e. The predicted molar refractivity (Wildman–Crippen MR) is 136 cm³/mol. The van der Waals surface area contributed by atoms with Gasteiger partial charge in [-0.05, 0) is 79.6 Å². The van der Waals surface area contributed by atoms with Crippen molar-refractivity contribution in [1.82, 2.24) is 9.80 Å². The number of carbonyl (C=O) groups is 1. The second kappa shape index (κ2) is 11.6. The average molecular weight is 538 g/mol. The normalized spacial score (nSPS) is 20.0. The van der Waals surface area contributed by atoms with Crippen LogP contribution in [0.25, 0.3) is 0 Å². The molecule has 4 rings (SSSR count). The van der Waals surface area contributed by atoms with Crippen LogP contribution in [0.3, 0.4) is 0 Å². The van der Waals surface area contributed by atoms with Crippen molar-refractivity contribution in [1.29, 1.82) is 0 Å². The van der Waals surface area contributed by atoms with Crippen molar-refractivity contribution < 1.29 is 14.3 Å². The van der Waals surface area contributed by atoms with E-state index in [9.17, 15) is 14.3 Å². The van der Waals surface area contributed by atoms with Gasteiger partial charge in [-0.25, -0.2) is 9.18 Å². The van der Waals surface area contributed by atoms with Gasteiger partial charge in [0.15, 0.2) is 0 Å². The molecule has 1 aliphatic carbocycles. The van der Waals surface area contributed by atoms with Crippen LogP contribution in [-0.2, 0) is 6.54 Å². The highest BCUT2D eigenvalue weighted by Gasteiger charge is 2.31. The zero-order valence-corrected chi connectivity index (χ0v) is 21.7. The molecule has 4 nitrogen and oxygen atoms in total. The summed E-state index contributed by atoms with van der Waals surface area (Å²) in [6.45, 7) is 7.59. The van der Waals surface area contributed by atoms with Crippen molar-refractivity contribution >= 4 is 54.0 Å². The summed E-state index contributed by atoms with van der Waals surface area (Å²) in [7, 11) is 0. The van der Waals surface area contributed by atoms with Crippen LogP contribution in [0.4, 0.5) is 4.39 Å². The molecule has 0 amide bonds. The van der Waals surface area contributed by atoms with Gasteiger partial charge in [0.2, 0.25) is 0 Å². The Balaban J connectivity index is 0.00000193. The van der Waals surface area contributed by atoms with Crippen molar-refractivity contribution in [2.45, 2.75) is 51.2 Å². The molecular weight excluding hydrogens is 509 g/mol. The third-order valence-corrected chi connectivity index (χ3v) is 6.93. The smallest absolute Gasteiger partial charge is 0.338 e. The van der Waals surface area contributed by atoms with Gasteiger partial charge in [0.1, 0.15) is 5.82 Å². The maximum atomic E-state index is 14.4. The molecule has 0 radical (unpaired) electrons. The molecule has 1 N–H and O–H groups in total. The summed E-state index contributed by atoms with van der Waals surface area (Å²) in [6, 6.07) is 9.14. The minimum Gasteiger partial charge on any atom is -0.478 e. The highest BCUT2D eigenvalue weighted by molar-refractivity contribution is 6.34. The molecule has 1 aliphatic heterocycles. The molecule has 0 aromatic heterocycles. The van der Waals surface area contributed by atoms with Gasteiger partial charge in [-0.3, -0.25) is 9.80 Å². The molecule has 1 heterocycles. The Hall–Kier alpha value is -1.08. The third-order valence-electron chi connectivity index (χ3n) is 6.50. The number of hydrogen-bond acceptors (Lipinski definition) is 3. The Morgan fingerprint density at radius 3 is 2.30 bits per heavy atom. The fourth-order valence-corrected chi connectivity index (χ4v) is 5.26. The number of rotatable bonds is 6. The van der Waals surface area contributed by atoms with E-state index < -0.39 is 11.8 Å². The van der Waals surface area contributed by atoms with Crippen LogP contribution in [0.15, 0.2) is 30.3 Å². The standard InChI is InChI=1S/C24H27Cl2FN2O2.2ClH/c1-14-12-28(5-6-29(14)15(2)17-7-19(25)10-20(26)8-17)13-18-9-23(27)22(24(30)31)11-21(18)16-3-4-16;;/h7-11,14-16H,3-6,12-13H2,1-2H3,(H,30,31);2*1H/t14-,15-;;/m1../s1. The van der Waals surface area contributed by atoms with Gasteiger partial charge in [-0.1, -0.05) is 23.2 Å².